The molecular formula is C29H32N10O2. The van der Waals surface area contributed by atoms with E-state index in [4.69, 9.17) is 10.8 Å². The number of likely N-dealkylation sites (N-methyl/N-ethyl adjacent to an activating group) is 1. The maximum Gasteiger partial charge on any atom is 0.256 e. The molecule has 0 radical (unpaired) electrons. The highest BCUT2D eigenvalue weighted by Gasteiger charge is 2.43. The molecule has 1 saturated carbocycles. The summed E-state index contributed by atoms with van der Waals surface area (Å²) in [6, 6.07) is 7.32. The number of nitrogen functional groups attached to an aromatic ring is 1. The lowest BCUT2D eigenvalue weighted by Gasteiger charge is -2.18. The maximum atomic E-state index is 12.7. The number of nitrogens with one attached hydrogen (secondary N) is 1. The minimum atomic E-state index is -0.284. The largest absolute Gasteiger partial charge is 0.383 e. The average molecular weight is 553 g/mol. The normalized spacial score (nSPS) is 20.3. The number of fused-ring (bicyclic) bond motifs is 2. The first-order valence-corrected chi connectivity index (χ1v) is 13.6. The Morgan fingerprint density at radius 2 is 1.83 bits per heavy atom. The van der Waals surface area contributed by atoms with Crippen LogP contribution in [0.5, 0.6) is 0 Å². The fraction of sp³-hybridized carbons (Fsp3) is 0.345. The Morgan fingerprint density at radius 3 is 2.51 bits per heavy atom. The van der Waals surface area contributed by atoms with Gasteiger partial charge in [-0.25, -0.2) is 19.6 Å². The zero-order valence-corrected chi connectivity index (χ0v) is 23.0. The third-order valence-electron chi connectivity index (χ3n) is 7.86. The molecule has 12 nitrogen and oxygen atoms in total. The lowest BCUT2D eigenvalue weighted by molar-refractivity contribution is -0.125. The van der Waals surface area contributed by atoms with Crippen LogP contribution in [0.2, 0.25) is 0 Å². The van der Waals surface area contributed by atoms with Crippen molar-refractivity contribution in [1.29, 1.82) is 0 Å². The number of nitrogens with two attached hydrogens (primary N) is 1. The standard InChI is InChI=1S/C29H32N10O2/c1-37(2)11-3-4-24(40)38-15-20-12-22(13-21(20)16-38)39-28-25(27(30)33-17-34-28)26(36-39)18-5-7-19(8-6-18)29(41)35-23-14-31-9-10-32-23/h3-10,14,17,20-22H,11-13,15-16H2,1-2H3,(H2,30,33,34)(H,32,35,41). The predicted molar refractivity (Wildman–Crippen MR) is 155 cm³/mol. The molecule has 210 valence electrons. The molecule has 3 aromatic heterocycles. The zero-order chi connectivity index (χ0) is 28.5. The van der Waals surface area contributed by atoms with Gasteiger partial charge in [0.15, 0.2) is 11.5 Å². The van der Waals surface area contributed by atoms with Crippen molar-refractivity contribution in [2.75, 3.05) is 44.8 Å². The summed E-state index contributed by atoms with van der Waals surface area (Å²) >= 11 is 0. The van der Waals surface area contributed by atoms with E-state index in [9.17, 15) is 9.59 Å². The number of rotatable bonds is 7. The van der Waals surface area contributed by atoms with Gasteiger partial charge in [-0.15, -0.1) is 0 Å². The van der Waals surface area contributed by atoms with Crippen molar-refractivity contribution in [3.8, 4) is 11.3 Å². The molecule has 12 heteroatoms. The molecular weight excluding hydrogens is 520 g/mol. The first kappa shape index (κ1) is 26.5. The Morgan fingerprint density at radius 1 is 1.07 bits per heavy atom. The highest BCUT2D eigenvalue weighted by Crippen LogP contribution is 2.45. The van der Waals surface area contributed by atoms with E-state index in [1.54, 1.807) is 24.4 Å². The number of carbonyl (C=O) groups is 2. The molecule has 0 bridgehead atoms. The van der Waals surface area contributed by atoms with Crippen molar-refractivity contribution in [3.05, 3.63) is 66.9 Å². The molecule has 2 fully saturated rings. The zero-order valence-electron chi connectivity index (χ0n) is 23.0. The fourth-order valence-corrected chi connectivity index (χ4v) is 5.90. The van der Waals surface area contributed by atoms with E-state index in [0.29, 0.717) is 45.8 Å². The topological polar surface area (TPSA) is 148 Å². The van der Waals surface area contributed by atoms with Gasteiger partial charge in [0, 0.05) is 49.2 Å². The molecule has 1 aliphatic carbocycles. The first-order valence-electron chi connectivity index (χ1n) is 13.6. The number of hydrogen-bond donors (Lipinski definition) is 2. The van der Waals surface area contributed by atoms with Gasteiger partial charge in [0.1, 0.15) is 17.8 Å². The Hall–Kier alpha value is -4.71. The Balaban J connectivity index is 1.20. The summed E-state index contributed by atoms with van der Waals surface area (Å²) in [5, 5.41) is 8.44. The highest BCUT2D eigenvalue weighted by atomic mass is 16.2. The molecule has 2 unspecified atom stereocenters. The van der Waals surface area contributed by atoms with E-state index in [0.717, 1.165) is 38.0 Å². The van der Waals surface area contributed by atoms with Crippen LogP contribution in [0.1, 0.15) is 29.2 Å². The molecule has 2 amide bonds. The Kier molecular flexibility index (Phi) is 7.14. The summed E-state index contributed by atoms with van der Waals surface area (Å²) in [5.41, 5.74) is 9.00. The van der Waals surface area contributed by atoms with Crippen molar-refractivity contribution >= 4 is 34.5 Å². The van der Waals surface area contributed by atoms with Crippen LogP contribution in [0.3, 0.4) is 0 Å². The van der Waals surface area contributed by atoms with Gasteiger partial charge < -0.3 is 20.9 Å². The van der Waals surface area contributed by atoms with Crippen LogP contribution in [-0.4, -0.2) is 85.1 Å². The molecule has 3 N–H and O–H groups in total. The van der Waals surface area contributed by atoms with Crippen molar-refractivity contribution < 1.29 is 9.59 Å². The van der Waals surface area contributed by atoms with Crippen LogP contribution >= 0.6 is 0 Å². The summed E-state index contributed by atoms with van der Waals surface area (Å²) in [4.78, 5) is 46.2. The molecule has 1 saturated heterocycles. The molecule has 4 aromatic rings. The second kappa shape index (κ2) is 11.0. The molecule has 0 spiro atoms. The summed E-state index contributed by atoms with van der Waals surface area (Å²) in [6.07, 6.45) is 11.5. The van der Waals surface area contributed by atoms with E-state index in [1.807, 2.05) is 46.8 Å². The van der Waals surface area contributed by atoms with Crippen molar-refractivity contribution in [2.24, 2.45) is 11.8 Å². The molecule has 1 aliphatic heterocycles. The van der Waals surface area contributed by atoms with Gasteiger partial charge in [0.05, 0.1) is 17.6 Å². The third kappa shape index (κ3) is 5.38. The number of benzene rings is 1. The third-order valence-corrected chi connectivity index (χ3v) is 7.86. The second-order valence-corrected chi connectivity index (χ2v) is 10.9. The average Bonchev–Trinajstić information content (AvgIpc) is 3.66. The monoisotopic (exact) mass is 552 g/mol. The highest BCUT2D eigenvalue weighted by molar-refractivity contribution is 6.04. The van der Waals surface area contributed by atoms with Crippen LogP contribution in [0, 0.1) is 11.8 Å². The van der Waals surface area contributed by atoms with Crippen molar-refractivity contribution in [3.63, 3.8) is 0 Å². The lowest BCUT2D eigenvalue weighted by Crippen LogP contribution is -2.28. The van der Waals surface area contributed by atoms with Gasteiger partial charge in [-0.3, -0.25) is 14.6 Å². The fourth-order valence-electron chi connectivity index (χ4n) is 5.90. The number of nitrogens with zero attached hydrogens (tertiary/aromatic N) is 8. The van der Waals surface area contributed by atoms with Crippen LogP contribution in [0.15, 0.2) is 61.3 Å². The van der Waals surface area contributed by atoms with Gasteiger partial charge in [-0.05, 0) is 50.9 Å². The molecule has 6 rings (SSSR count). The molecule has 1 aromatic carbocycles. The first-order chi connectivity index (χ1) is 19.9. The number of aromatic nitrogens is 6. The summed E-state index contributed by atoms with van der Waals surface area (Å²) in [6.45, 7) is 2.26. The molecule has 4 heterocycles. The van der Waals surface area contributed by atoms with Crippen molar-refractivity contribution in [2.45, 2.75) is 18.9 Å². The van der Waals surface area contributed by atoms with Crippen molar-refractivity contribution in [1.82, 2.24) is 39.5 Å². The van der Waals surface area contributed by atoms with Crippen LogP contribution in [0.4, 0.5) is 11.6 Å². The predicted octanol–water partition coefficient (Wildman–Crippen LogP) is 2.65. The van der Waals surface area contributed by atoms with E-state index >= 15 is 0 Å². The molecule has 2 aliphatic rings. The van der Waals surface area contributed by atoms with Gasteiger partial charge >= 0.3 is 0 Å². The van der Waals surface area contributed by atoms with E-state index in [2.05, 4.69) is 25.3 Å². The minimum Gasteiger partial charge on any atom is -0.383 e. The van der Waals surface area contributed by atoms with Gasteiger partial charge in [-0.2, -0.15) is 5.10 Å². The summed E-state index contributed by atoms with van der Waals surface area (Å²) in [5.74, 6) is 1.37. The second-order valence-electron chi connectivity index (χ2n) is 10.9. The maximum absolute atomic E-state index is 12.7. The van der Waals surface area contributed by atoms with E-state index in [1.165, 1.54) is 18.7 Å². The number of amides is 2. The van der Waals surface area contributed by atoms with Gasteiger partial charge in [0.25, 0.3) is 5.91 Å². The number of anilines is 2. The van der Waals surface area contributed by atoms with Gasteiger partial charge in [0.2, 0.25) is 5.91 Å². The van der Waals surface area contributed by atoms with Crippen LogP contribution < -0.4 is 11.1 Å². The number of hydrogen-bond acceptors (Lipinski definition) is 9. The molecule has 41 heavy (non-hydrogen) atoms. The smallest absolute Gasteiger partial charge is 0.256 e. The quantitative estimate of drug-likeness (QED) is 0.330. The minimum absolute atomic E-state index is 0.0824. The van der Waals surface area contributed by atoms with E-state index in [-0.39, 0.29) is 17.9 Å². The Bertz CT molecular complexity index is 1590. The van der Waals surface area contributed by atoms with Crippen LogP contribution in [-0.2, 0) is 4.79 Å². The van der Waals surface area contributed by atoms with E-state index < -0.39 is 0 Å². The van der Waals surface area contributed by atoms with Gasteiger partial charge in [-0.1, -0.05) is 18.2 Å². The number of likely N-dealkylation sites (tertiary alicyclic amines) is 1. The van der Waals surface area contributed by atoms with Crippen LogP contribution in [0.25, 0.3) is 22.3 Å². The Labute approximate surface area is 237 Å². The summed E-state index contributed by atoms with van der Waals surface area (Å²) < 4.78 is 1.98. The SMILES string of the molecule is CN(C)CC=CC(=O)N1CC2CC(n3nc(-c4ccc(C(=O)Nc5cnccn5)cc4)c4c(N)ncnc43)CC2C1. The number of carbonyl (C=O) groups excluding carboxylic acids is 2. The summed E-state index contributed by atoms with van der Waals surface area (Å²) in [7, 11) is 3.96. The molecule has 2 atom stereocenters. The lowest BCUT2D eigenvalue weighted by atomic mass is 10.0.